The number of hydrogen-bond acceptors (Lipinski definition) is 7. The van der Waals surface area contributed by atoms with Gasteiger partial charge in [-0.3, -0.25) is 9.59 Å². The molecule has 118 valence electrons. The van der Waals surface area contributed by atoms with Crippen LogP contribution in [0.15, 0.2) is 50.8 Å². The lowest BCUT2D eigenvalue weighted by Crippen LogP contribution is -2.28. The molecular weight excluding hydrogens is 310 g/mol. The topological polar surface area (TPSA) is 125 Å². The predicted molar refractivity (Wildman–Crippen MR) is 78.0 cm³/mol. The molecule has 0 bridgehead atoms. The highest BCUT2D eigenvalue weighted by atomic mass is 32.2. The van der Waals surface area contributed by atoms with Crippen molar-refractivity contribution in [2.45, 2.75) is 25.7 Å². The molecule has 0 aliphatic carbocycles. The van der Waals surface area contributed by atoms with E-state index in [1.54, 1.807) is 0 Å². The lowest BCUT2D eigenvalue weighted by Gasteiger charge is -2.04. The molecule has 1 aromatic carbocycles. The summed E-state index contributed by atoms with van der Waals surface area (Å²) >= 11 is 0. The maximum absolute atomic E-state index is 11.7. The number of benzene rings is 1. The number of amides is 1. The van der Waals surface area contributed by atoms with Crippen molar-refractivity contribution < 1.29 is 23.1 Å². The number of nitrogens with zero attached hydrogens (tertiary/aromatic N) is 2. The van der Waals surface area contributed by atoms with Gasteiger partial charge in [-0.2, -0.15) is 5.11 Å². The zero-order chi connectivity index (χ0) is 16.9. The SMILES string of the molecule is CC(=O)NS(=O)(=O)c1ccc(N=N/C(C(C)=O)=C(\C)O)cc1. The van der Waals surface area contributed by atoms with Crippen LogP contribution in [0.3, 0.4) is 0 Å². The third-order valence-corrected chi connectivity index (χ3v) is 3.82. The lowest BCUT2D eigenvalue weighted by molar-refractivity contribution is -0.117. The summed E-state index contributed by atoms with van der Waals surface area (Å²) in [6.07, 6.45) is 0. The van der Waals surface area contributed by atoms with Gasteiger partial charge in [0.2, 0.25) is 5.91 Å². The monoisotopic (exact) mass is 325 g/mol. The van der Waals surface area contributed by atoms with Gasteiger partial charge in [-0.1, -0.05) is 0 Å². The molecule has 0 unspecified atom stereocenters. The first-order valence-corrected chi connectivity index (χ1v) is 7.58. The third-order valence-electron chi connectivity index (χ3n) is 2.37. The number of allylic oxidation sites excluding steroid dienone is 2. The van der Waals surface area contributed by atoms with Crippen molar-refractivity contribution >= 4 is 27.4 Å². The summed E-state index contributed by atoms with van der Waals surface area (Å²) in [5, 5.41) is 16.6. The molecule has 0 radical (unpaired) electrons. The zero-order valence-corrected chi connectivity index (χ0v) is 13.0. The highest BCUT2D eigenvalue weighted by molar-refractivity contribution is 7.90. The second-order valence-corrected chi connectivity index (χ2v) is 6.03. The Hall–Kier alpha value is -2.55. The number of sulfonamides is 1. The molecule has 0 aliphatic heterocycles. The van der Waals surface area contributed by atoms with E-state index in [-0.39, 0.29) is 22.0 Å². The van der Waals surface area contributed by atoms with Gasteiger partial charge >= 0.3 is 0 Å². The fourth-order valence-electron chi connectivity index (χ4n) is 1.45. The molecule has 1 aromatic rings. The number of azo groups is 1. The fourth-order valence-corrected chi connectivity index (χ4v) is 2.44. The number of aliphatic hydroxyl groups is 1. The summed E-state index contributed by atoms with van der Waals surface area (Å²) in [5.41, 5.74) is 0.0942. The fraction of sp³-hybridized carbons (Fsp3) is 0.231. The minimum absolute atomic E-state index is 0.109. The van der Waals surface area contributed by atoms with Crippen molar-refractivity contribution in [3.63, 3.8) is 0 Å². The van der Waals surface area contributed by atoms with E-state index in [1.165, 1.54) is 38.1 Å². The van der Waals surface area contributed by atoms with Gasteiger partial charge < -0.3 is 5.11 Å². The second-order valence-electron chi connectivity index (χ2n) is 4.35. The average molecular weight is 325 g/mol. The molecule has 2 N–H and O–H groups in total. The van der Waals surface area contributed by atoms with Gasteiger partial charge in [-0.05, 0) is 31.2 Å². The number of rotatable bonds is 5. The number of hydrogen-bond donors (Lipinski definition) is 2. The Labute approximate surface area is 127 Å². The Morgan fingerprint density at radius 1 is 1.09 bits per heavy atom. The van der Waals surface area contributed by atoms with E-state index >= 15 is 0 Å². The number of carbonyl (C=O) groups excluding carboxylic acids is 2. The van der Waals surface area contributed by atoms with Crippen LogP contribution < -0.4 is 4.72 Å². The van der Waals surface area contributed by atoms with E-state index in [2.05, 4.69) is 10.2 Å². The van der Waals surface area contributed by atoms with E-state index < -0.39 is 21.7 Å². The normalized spacial score (nSPS) is 12.9. The molecule has 0 aromatic heterocycles. The number of carbonyl (C=O) groups is 2. The predicted octanol–water partition coefficient (Wildman–Crippen LogP) is 1.97. The minimum atomic E-state index is -3.91. The highest BCUT2D eigenvalue weighted by Gasteiger charge is 2.15. The van der Waals surface area contributed by atoms with E-state index in [4.69, 9.17) is 0 Å². The quantitative estimate of drug-likeness (QED) is 0.486. The van der Waals surface area contributed by atoms with E-state index in [0.29, 0.717) is 0 Å². The van der Waals surface area contributed by atoms with Crippen molar-refractivity contribution in [2.75, 3.05) is 0 Å². The number of nitrogens with one attached hydrogen (secondary N) is 1. The van der Waals surface area contributed by atoms with E-state index in [9.17, 15) is 23.1 Å². The molecule has 1 rings (SSSR count). The van der Waals surface area contributed by atoms with E-state index in [1.807, 2.05) is 4.72 Å². The Balaban J connectivity index is 3.02. The number of aliphatic hydroxyl groups excluding tert-OH is 1. The van der Waals surface area contributed by atoms with Gasteiger partial charge in [-0.15, -0.1) is 5.11 Å². The van der Waals surface area contributed by atoms with Gasteiger partial charge in [0.05, 0.1) is 10.6 Å². The van der Waals surface area contributed by atoms with Gasteiger partial charge in [0.15, 0.2) is 11.5 Å². The van der Waals surface area contributed by atoms with Crippen LogP contribution >= 0.6 is 0 Å². The van der Waals surface area contributed by atoms with Crippen LogP contribution in [0.5, 0.6) is 0 Å². The van der Waals surface area contributed by atoms with Crippen molar-refractivity contribution in [3.05, 3.63) is 35.7 Å². The first-order valence-electron chi connectivity index (χ1n) is 6.09. The first-order chi connectivity index (χ1) is 10.1. The van der Waals surface area contributed by atoms with Crippen LogP contribution in [0.4, 0.5) is 5.69 Å². The highest BCUT2D eigenvalue weighted by Crippen LogP contribution is 2.18. The molecule has 0 saturated heterocycles. The maximum atomic E-state index is 11.7. The molecule has 8 nitrogen and oxygen atoms in total. The molecule has 1 amide bonds. The lowest BCUT2D eigenvalue weighted by atomic mass is 10.3. The second kappa shape index (κ2) is 6.94. The maximum Gasteiger partial charge on any atom is 0.264 e. The van der Waals surface area contributed by atoms with Crippen molar-refractivity contribution in [2.24, 2.45) is 10.2 Å². The summed E-state index contributed by atoms with van der Waals surface area (Å²) in [5.74, 6) is -1.41. The summed E-state index contributed by atoms with van der Waals surface area (Å²) in [4.78, 5) is 21.9. The van der Waals surface area contributed by atoms with Crippen LogP contribution in [0, 0.1) is 0 Å². The zero-order valence-electron chi connectivity index (χ0n) is 12.2. The smallest absolute Gasteiger partial charge is 0.264 e. The summed E-state index contributed by atoms with van der Waals surface area (Å²) in [7, 11) is -3.91. The molecule has 0 atom stereocenters. The molecule has 0 saturated carbocycles. The number of ketones is 1. The van der Waals surface area contributed by atoms with Crippen LogP contribution in [-0.2, 0) is 19.6 Å². The molecule has 0 aliphatic rings. The van der Waals surface area contributed by atoms with Gasteiger partial charge in [0.25, 0.3) is 10.0 Å². The van der Waals surface area contributed by atoms with Crippen molar-refractivity contribution in [1.29, 1.82) is 0 Å². The Kier molecular flexibility index (Phi) is 5.52. The molecule has 9 heteroatoms. The number of Topliss-reactive ketones (excluding diaryl/α,β-unsaturated/α-hetero) is 1. The Morgan fingerprint density at radius 2 is 1.64 bits per heavy atom. The largest absolute Gasteiger partial charge is 0.510 e. The minimum Gasteiger partial charge on any atom is -0.510 e. The molecule has 0 spiro atoms. The van der Waals surface area contributed by atoms with Crippen molar-refractivity contribution in [1.82, 2.24) is 4.72 Å². The van der Waals surface area contributed by atoms with Gasteiger partial charge in [0.1, 0.15) is 5.76 Å². The van der Waals surface area contributed by atoms with Crippen LogP contribution in [0.2, 0.25) is 0 Å². The van der Waals surface area contributed by atoms with Crippen LogP contribution in [0.25, 0.3) is 0 Å². The Bertz CT molecular complexity index is 744. The van der Waals surface area contributed by atoms with Crippen LogP contribution in [-0.4, -0.2) is 25.2 Å². The summed E-state index contributed by atoms with van der Waals surface area (Å²) in [6.45, 7) is 3.63. The summed E-state index contributed by atoms with van der Waals surface area (Å²) < 4.78 is 25.3. The molecule has 0 fully saturated rings. The van der Waals surface area contributed by atoms with Crippen molar-refractivity contribution in [3.8, 4) is 0 Å². The van der Waals surface area contributed by atoms with Gasteiger partial charge in [-0.25, -0.2) is 13.1 Å². The van der Waals surface area contributed by atoms with Crippen LogP contribution in [0.1, 0.15) is 20.8 Å². The third kappa shape index (κ3) is 4.77. The Morgan fingerprint density at radius 3 is 2.05 bits per heavy atom. The van der Waals surface area contributed by atoms with E-state index in [0.717, 1.165) is 6.92 Å². The van der Waals surface area contributed by atoms with Gasteiger partial charge in [0, 0.05) is 13.8 Å². The average Bonchev–Trinajstić information content (AvgIpc) is 2.37. The first kappa shape index (κ1) is 17.5. The summed E-state index contributed by atoms with van der Waals surface area (Å²) in [6, 6.07) is 5.18. The molecule has 22 heavy (non-hydrogen) atoms. The molecule has 0 heterocycles. The standard InChI is InChI=1S/C13H15N3O5S/c1-8(17)13(9(2)18)15-14-11-4-6-12(7-5-11)22(20,21)16-10(3)19/h4-7,17H,1-3H3,(H,16,19)/b13-8+,15-14?. The molecular formula is C13H15N3O5S.